The van der Waals surface area contributed by atoms with Gasteiger partial charge in [0.15, 0.2) is 0 Å². The number of hydrogen-bond acceptors (Lipinski definition) is 2. The van der Waals surface area contributed by atoms with Crippen LogP contribution in [0.1, 0.15) is 25.8 Å². The quantitative estimate of drug-likeness (QED) is 0.835. The van der Waals surface area contributed by atoms with Crippen molar-refractivity contribution in [2.75, 3.05) is 18.4 Å². The first kappa shape index (κ1) is 15.1. The highest BCUT2D eigenvalue weighted by Crippen LogP contribution is 2.28. The third-order valence-electron chi connectivity index (χ3n) is 4.02. The number of rotatable bonds is 1. The Hall–Kier alpha value is -1.26. The van der Waals surface area contributed by atoms with Gasteiger partial charge < -0.3 is 16.0 Å². The summed E-state index contributed by atoms with van der Waals surface area (Å²) in [4.78, 5) is 14.1. The second-order valence-electron chi connectivity index (χ2n) is 6.20. The fourth-order valence-electron chi connectivity index (χ4n) is 2.42. The fraction of sp³-hybridized carbons (Fsp3) is 0.533. The number of amides is 2. The van der Waals surface area contributed by atoms with Crippen molar-refractivity contribution in [1.29, 1.82) is 0 Å². The molecule has 20 heavy (non-hydrogen) atoms. The van der Waals surface area contributed by atoms with Gasteiger partial charge in [0, 0.05) is 29.8 Å². The first-order valence-corrected chi connectivity index (χ1v) is 7.25. The topological polar surface area (TPSA) is 58.4 Å². The lowest BCUT2D eigenvalue weighted by molar-refractivity contribution is 0.118. The van der Waals surface area contributed by atoms with Gasteiger partial charge in [-0.05, 0) is 36.5 Å². The summed E-state index contributed by atoms with van der Waals surface area (Å²) < 4.78 is 0. The zero-order valence-electron chi connectivity index (χ0n) is 12.2. The molecule has 3 N–H and O–H groups in total. The number of benzene rings is 1. The van der Waals surface area contributed by atoms with Crippen LogP contribution in [-0.2, 0) is 0 Å². The summed E-state index contributed by atoms with van der Waals surface area (Å²) in [7, 11) is 0. The van der Waals surface area contributed by atoms with E-state index in [1.165, 1.54) is 0 Å². The summed E-state index contributed by atoms with van der Waals surface area (Å²) in [6.45, 7) is 7.48. The molecule has 1 unspecified atom stereocenters. The molecule has 0 saturated carbocycles. The van der Waals surface area contributed by atoms with E-state index < -0.39 is 0 Å². The van der Waals surface area contributed by atoms with Crippen LogP contribution in [0.3, 0.4) is 0 Å². The zero-order valence-corrected chi connectivity index (χ0v) is 13.0. The molecule has 1 atom stereocenters. The highest BCUT2D eigenvalue weighted by Gasteiger charge is 2.35. The number of aryl methyl sites for hydroxylation is 1. The first-order chi connectivity index (χ1) is 9.29. The van der Waals surface area contributed by atoms with Crippen molar-refractivity contribution >= 4 is 23.3 Å². The van der Waals surface area contributed by atoms with E-state index >= 15 is 0 Å². The number of carbonyl (C=O) groups excluding carboxylic acids is 1. The van der Waals surface area contributed by atoms with Crippen LogP contribution in [0.4, 0.5) is 10.5 Å². The highest BCUT2D eigenvalue weighted by molar-refractivity contribution is 6.31. The number of carbonyl (C=O) groups is 1. The molecule has 2 rings (SSSR count). The zero-order chi connectivity index (χ0) is 14.9. The van der Waals surface area contributed by atoms with E-state index in [4.69, 9.17) is 17.3 Å². The van der Waals surface area contributed by atoms with E-state index in [-0.39, 0.29) is 17.5 Å². The summed E-state index contributed by atoms with van der Waals surface area (Å²) in [5.74, 6) is 0. The molecule has 0 bridgehead atoms. The normalized spacial score (nSPS) is 21.6. The maximum absolute atomic E-state index is 12.3. The van der Waals surface area contributed by atoms with Crippen LogP contribution in [0.5, 0.6) is 0 Å². The molecule has 1 heterocycles. The van der Waals surface area contributed by atoms with Crippen LogP contribution in [0.15, 0.2) is 18.2 Å². The summed E-state index contributed by atoms with van der Waals surface area (Å²) in [5.41, 5.74) is 7.75. The number of nitrogens with two attached hydrogens (primary N) is 1. The Balaban J connectivity index is 2.03. The molecule has 0 aliphatic carbocycles. The Bertz CT molecular complexity index is 516. The SMILES string of the molecule is Cc1ccc(NC(=O)N2CCC(N)C(C)(C)C2)cc1Cl. The molecule has 1 aliphatic heterocycles. The van der Waals surface area contributed by atoms with E-state index in [1.54, 1.807) is 6.07 Å². The predicted octanol–water partition coefficient (Wildman–Crippen LogP) is 3.24. The van der Waals surface area contributed by atoms with Gasteiger partial charge in [-0.25, -0.2) is 4.79 Å². The van der Waals surface area contributed by atoms with Gasteiger partial charge in [-0.1, -0.05) is 31.5 Å². The Morgan fingerprint density at radius 3 is 2.80 bits per heavy atom. The molecule has 1 aromatic carbocycles. The van der Waals surface area contributed by atoms with Crippen molar-refractivity contribution < 1.29 is 4.79 Å². The van der Waals surface area contributed by atoms with Gasteiger partial charge in [0.05, 0.1) is 0 Å². The summed E-state index contributed by atoms with van der Waals surface area (Å²) >= 11 is 6.07. The highest BCUT2D eigenvalue weighted by atomic mass is 35.5. The number of nitrogens with zero attached hydrogens (tertiary/aromatic N) is 1. The molecule has 2 amide bonds. The Labute approximate surface area is 125 Å². The van der Waals surface area contributed by atoms with Gasteiger partial charge in [0.1, 0.15) is 0 Å². The number of anilines is 1. The average molecular weight is 296 g/mol. The Morgan fingerprint density at radius 2 is 2.20 bits per heavy atom. The standard InChI is InChI=1S/C15H22ClN3O/c1-10-4-5-11(8-12(10)16)18-14(20)19-7-6-13(17)15(2,3)9-19/h4-5,8,13H,6-7,9,17H2,1-3H3,(H,18,20). The smallest absolute Gasteiger partial charge is 0.321 e. The predicted molar refractivity (Wildman–Crippen MR) is 83.2 cm³/mol. The molecule has 4 nitrogen and oxygen atoms in total. The maximum Gasteiger partial charge on any atom is 0.321 e. The minimum Gasteiger partial charge on any atom is -0.327 e. The second kappa shape index (κ2) is 5.62. The van der Waals surface area contributed by atoms with Gasteiger partial charge in [-0.2, -0.15) is 0 Å². The van der Waals surface area contributed by atoms with Crippen LogP contribution < -0.4 is 11.1 Å². The number of likely N-dealkylation sites (tertiary alicyclic amines) is 1. The van der Waals surface area contributed by atoms with Crippen molar-refractivity contribution in [3.63, 3.8) is 0 Å². The Morgan fingerprint density at radius 1 is 1.50 bits per heavy atom. The lowest BCUT2D eigenvalue weighted by Crippen LogP contribution is -2.54. The molecular formula is C15H22ClN3O. The van der Waals surface area contributed by atoms with E-state index in [9.17, 15) is 4.79 Å². The van der Waals surface area contributed by atoms with Gasteiger partial charge in [-0.3, -0.25) is 0 Å². The van der Waals surface area contributed by atoms with Crippen molar-refractivity contribution in [2.24, 2.45) is 11.1 Å². The van der Waals surface area contributed by atoms with Crippen molar-refractivity contribution in [2.45, 2.75) is 33.2 Å². The molecule has 0 aromatic heterocycles. The van der Waals surface area contributed by atoms with Crippen LogP contribution in [0, 0.1) is 12.3 Å². The monoisotopic (exact) mass is 295 g/mol. The molecule has 0 radical (unpaired) electrons. The molecule has 1 fully saturated rings. The third kappa shape index (κ3) is 3.25. The lowest BCUT2D eigenvalue weighted by Gasteiger charge is -2.42. The number of urea groups is 1. The van der Waals surface area contributed by atoms with Crippen molar-refractivity contribution in [3.8, 4) is 0 Å². The van der Waals surface area contributed by atoms with E-state index in [0.717, 1.165) is 17.7 Å². The van der Waals surface area contributed by atoms with Crippen LogP contribution in [-0.4, -0.2) is 30.1 Å². The van der Waals surface area contributed by atoms with Gasteiger partial charge in [0.2, 0.25) is 0 Å². The summed E-state index contributed by atoms with van der Waals surface area (Å²) in [6.07, 6.45) is 0.828. The Kier molecular flexibility index (Phi) is 4.25. The molecule has 0 spiro atoms. The fourth-order valence-corrected chi connectivity index (χ4v) is 2.60. The largest absolute Gasteiger partial charge is 0.327 e. The number of piperidine rings is 1. The van der Waals surface area contributed by atoms with Crippen LogP contribution >= 0.6 is 11.6 Å². The molecule has 1 aromatic rings. The minimum atomic E-state index is -0.0927. The molecule has 1 saturated heterocycles. The minimum absolute atomic E-state index is 0.0550. The lowest BCUT2D eigenvalue weighted by atomic mass is 9.80. The number of nitrogens with one attached hydrogen (secondary N) is 1. The first-order valence-electron chi connectivity index (χ1n) is 6.87. The van der Waals surface area contributed by atoms with Crippen LogP contribution in [0.25, 0.3) is 0 Å². The van der Waals surface area contributed by atoms with Gasteiger partial charge >= 0.3 is 6.03 Å². The molecule has 1 aliphatic rings. The average Bonchev–Trinajstić information content (AvgIpc) is 2.37. The molecule has 110 valence electrons. The van der Waals surface area contributed by atoms with E-state index in [0.29, 0.717) is 18.1 Å². The summed E-state index contributed by atoms with van der Waals surface area (Å²) in [5, 5.41) is 3.55. The van der Waals surface area contributed by atoms with Gasteiger partial charge in [0.25, 0.3) is 0 Å². The molecular weight excluding hydrogens is 274 g/mol. The van der Waals surface area contributed by atoms with Gasteiger partial charge in [-0.15, -0.1) is 0 Å². The van der Waals surface area contributed by atoms with Crippen molar-refractivity contribution in [3.05, 3.63) is 28.8 Å². The van der Waals surface area contributed by atoms with E-state index in [1.807, 2.05) is 24.0 Å². The number of hydrogen-bond donors (Lipinski definition) is 2. The van der Waals surface area contributed by atoms with Crippen LogP contribution in [0.2, 0.25) is 5.02 Å². The molecule has 5 heteroatoms. The second-order valence-corrected chi connectivity index (χ2v) is 6.61. The van der Waals surface area contributed by atoms with Crippen molar-refractivity contribution in [1.82, 2.24) is 4.90 Å². The maximum atomic E-state index is 12.3. The van der Waals surface area contributed by atoms with E-state index in [2.05, 4.69) is 19.2 Å². The summed E-state index contributed by atoms with van der Waals surface area (Å²) in [6, 6.07) is 5.58. The number of halogens is 1. The third-order valence-corrected chi connectivity index (χ3v) is 4.43.